The lowest BCUT2D eigenvalue weighted by atomic mass is 10.1. The molecule has 1 N–H and O–H groups in total. The third-order valence-electron chi connectivity index (χ3n) is 3.68. The predicted octanol–water partition coefficient (Wildman–Crippen LogP) is 4.15. The average Bonchev–Trinajstić information content (AvgIpc) is 2.69. The summed E-state index contributed by atoms with van der Waals surface area (Å²) in [5.41, 5.74) is 3.51. The molecule has 122 valence electrons. The van der Waals surface area contributed by atoms with Crippen LogP contribution < -0.4 is 5.32 Å². The second-order valence-corrected chi connectivity index (χ2v) is 5.29. The standard InChI is InChI=1S/C20H15N3O2/c1-25-20(24)15-7-9-18(10-8-15)23-19-16(12-21)11-17(13-22-19)14-5-3-2-4-6-14/h2-11,13H,1H3,(H,22,23). The smallest absolute Gasteiger partial charge is 0.337 e. The molecule has 0 unspecified atom stereocenters. The summed E-state index contributed by atoms with van der Waals surface area (Å²) in [6, 6.07) is 20.5. The van der Waals surface area contributed by atoms with E-state index >= 15 is 0 Å². The minimum absolute atomic E-state index is 0.394. The Bertz CT molecular complexity index is 929. The Hall–Kier alpha value is -3.65. The van der Waals surface area contributed by atoms with E-state index in [2.05, 4.69) is 21.1 Å². The fraction of sp³-hybridized carbons (Fsp3) is 0.0500. The molecule has 0 amide bonds. The maximum Gasteiger partial charge on any atom is 0.337 e. The molecule has 2 aromatic carbocycles. The third kappa shape index (κ3) is 3.65. The van der Waals surface area contributed by atoms with Crippen molar-refractivity contribution in [3.8, 4) is 17.2 Å². The summed E-state index contributed by atoms with van der Waals surface area (Å²) in [5, 5.41) is 12.5. The highest BCUT2D eigenvalue weighted by Crippen LogP contribution is 2.24. The van der Waals surface area contributed by atoms with Crippen molar-refractivity contribution in [3.63, 3.8) is 0 Å². The molecular weight excluding hydrogens is 314 g/mol. The zero-order chi connectivity index (χ0) is 17.6. The van der Waals surface area contributed by atoms with Crippen LogP contribution in [0.4, 0.5) is 11.5 Å². The molecule has 3 rings (SSSR count). The van der Waals surface area contributed by atoms with E-state index in [0.717, 1.165) is 16.8 Å². The largest absolute Gasteiger partial charge is 0.465 e. The number of nitrogens with zero attached hydrogens (tertiary/aromatic N) is 2. The van der Waals surface area contributed by atoms with Gasteiger partial charge in [0, 0.05) is 17.4 Å². The van der Waals surface area contributed by atoms with E-state index in [9.17, 15) is 10.1 Å². The second-order valence-electron chi connectivity index (χ2n) is 5.29. The Morgan fingerprint density at radius 1 is 1.08 bits per heavy atom. The maximum absolute atomic E-state index is 11.5. The van der Waals surface area contributed by atoms with Gasteiger partial charge in [-0.05, 0) is 35.9 Å². The number of ether oxygens (including phenoxy) is 1. The van der Waals surface area contributed by atoms with Gasteiger partial charge in [-0.1, -0.05) is 30.3 Å². The van der Waals surface area contributed by atoms with Gasteiger partial charge < -0.3 is 10.1 Å². The molecule has 3 aromatic rings. The average molecular weight is 329 g/mol. The fourth-order valence-electron chi connectivity index (χ4n) is 2.38. The Labute approximate surface area is 145 Å². The summed E-state index contributed by atoms with van der Waals surface area (Å²) in [5.74, 6) is 0.0719. The highest BCUT2D eigenvalue weighted by Gasteiger charge is 2.09. The van der Waals surface area contributed by atoms with E-state index in [1.54, 1.807) is 36.5 Å². The lowest BCUT2D eigenvalue weighted by Gasteiger charge is -2.09. The number of rotatable bonds is 4. The second kappa shape index (κ2) is 7.28. The molecule has 0 atom stereocenters. The van der Waals surface area contributed by atoms with E-state index < -0.39 is 5.97 Å². The van der Waals surface area contributed by atoms with Crippen LogP contribution in [0.25, 0.3) is 11.1 Å². The molecule has 5 heteroatoms. The van der Waals surface area contributed by atoms with Crippen LogP contribution in [0.5, 0.6) is 0 Å². The monoisotopic (exact) mass is 329 g/mol. The molecule has 0 aliphatic rings. The molecule has 0 radical (unpaired) electrons. The number of carbonyl (C=O) groups is 1. The number of hydrogen-bond donors (Lipinski definition) is 1. The number of aromatic nitrogens is 1. The van der Waals surface area contributed by atoms with Crippen molar-refractivity contribution in [1.29, 1.82) is 5.26 Å². The van der Waals surface area contributed by atoms with E-state index in [0.29, 0.717) is 16.9 Å². The summed E-state index contributed by atoms with van der Waals surface area (Å²) in [4.78, 5) is 15.8. The predicted molar refractivity (Wildman–Crippen MR) is 95.5 cm³/mol. The molecule has 25 heavy (non-hydrogen) atoms. The Kier molecular flexibility index (Phi) is 4.72. The van der Waals surface area contributed by atoms with Crippen molar-refractivity contribution in [3.05, 3.63) is 78.0 Å². The van der Waals surface area contributed by atoms with Crippen molar-refractivity contribution in [2.45, 2.75) is 0 Å². The Balaban J connectivity index is 1.85. The quantitative estimate of drug-likeness (QED) is 0.728. The highest BCUT2D eigenvalue weighted by atomic mass is 16.5. The summed E-state index contributed by atoms with van der Waals surface area (Å²) in [6.07, 6.45) is 1.72. The van der Waals surface area contributed by atoms with Gasteiger partial charge >= 0.3 is 5.97 Å². The molecule has 1 aromatic heterocycles. The first-order chi connectivity index (χ1) is 12.2. The van der Waals surface area contributed by atoms with Crippen LogP contribution in [0.2, 0.25) is 0 Å². The molecular formula is C20H15N3O2. The van der Waals surface area contributed by atoms with Crippen molar-refractivity contribution in [2.75, 3.05) is 12.4 Å². The van der Waals surface area contributed by atoms with Gasteiger partial charge in [0.2, 0.25) is 0 Å². The number of nitriles is 1. The first-order valence-corrected chi connectivity index (χ1v) is 7.62. The first kappa shape index (κ1) is 16.2. The zero-order valence-electron chi connectivity index (χ0n) is 13.6. The van der Waals surface area contributed by atoms with E-state index in [-0.39, 0.29) is 0 Å². The number of pyridine rings is 1. The molecule has 1 heterocycles. The summed E-state index contributed by atoms with van der Waals surface area (Å²) < 4.78 is 4.67. The zero-order valence-corrected chi connectivity index (χ0v) is 13.6. The number of benzene rings is 2. The minimum atomic E-state index is -0.394. The van der Waals surface area contributed by atoms with E-state index in [1.165, 1.54) is 7.11 Å². The van der Waals surface area contributed by atoms with Gasteiger partial charge in [0.15, 0.2) is 0 Å². The van der Waals surface area contributed by atoms with Gasteiger partial charge in [0.25, 0.3) is 0 Å². The maximum atomic E-state index is 11.5. The molecule has 0 spiro atoms. The lowest BCUT2D eigenvalue weighted by Crippen LogP contribution is -2.02. The van der Waals surface area contributed by atoms with Gasteiger partial charge in [-0.3, -0.25) is 0 Å². The Morgan fingerprint density at radius 3 is 2.44 bits per heavy atom. The SMILES string of the molecule is COC(=O)c1ccc(Nc2ncc(-c3ccccc3)cc2C#N)cc1. The van der Waals surface area contributed by atoms with Crippen LogP contribution in [0.3, 0.4) is 0 Å². The first-order valence-electron chi connectivity index (χ1n) is 7.62. The van der Waals surface area contributed by atoms with Crippen molar-refractivity contribution >= 4 is 17.5 Å². The van der Waals surface area contributed by atoms with E-state index in [4.69, 9.17) is 0 Å². The number of carbonyl (C=O) groups excluding carboxylic acids is 1. The number of anilines is 2. The lowest BCUT2D eigenvalue weighted by molar-refractivity contribution is 0.0601. The molecule has 0 saturated heterocycles. The van der Waals surface area contributed by atoms with Crippen molar-refractivity contribution in [2.24, 2.45) is 0 Å². The van der Waals surface area contributed by atoms with E-state index in [1.807, 2.05) is 30.3 Å². The van der Waals surface area contributed by atoms with Gasteiger partial charge in [-0.2, -0.15) is 5.26 Å². The van der Waals surface area contributed by atoms with Crippen LogP contribution in [-0.2, 0) is 4.74 Å². The van der Waals surface area contributed by atoms with Gasteiger partial charge in [0.1, 0.15) is 11.9 Å². The van der Waals surface area contributed by atoms with Crippen LogP contribution >= 0.6 is 0 Å². The third-order valence-corrected chi connectivity index (χ3v) is 3.68. The van der Waals surface area contributed by atoms with Crippen molar-refractivity contribution in [1.82, 2.24) is 4.98 Å². The van der Waals surface area contributed by atoms with Crippen LogP contribution in [0.1, 0.15) is 15.9 Å². The van der Waals surface area contributed by atoms with Gasteiger partial charge in [0.05, 0.1) is 18.2 Å². The van der Waals surface area contributed by atoms with Crippen molar-refractivity contribution < 1.29 is 9.53 Å². The molecule has 0 bridgehead atoms. The summed E-state index contributed by atoms with van der Waals surface area (Å²) in [6.45, 7) is 0. The molecule has 0 saturated carbocycles. The highest BCUT2D eigenvalue weighted by molar-refractivity contribution is 5.89. The Morgan fingerprint density at radius 2 is 1.80 bits per heavy atom. The van der Waals surface area contributed by atoms with Gasteiger partial charge in [-0.15, -0.1) is 0 Å². The molecule has 5 nitrogen and oxygen atoms in total. The number of nitrogens with one attached hydrogen (secondary N) is 1. The molecule has 0 aliphatic carbocycles. The minimum Gasteiger partial charge on any atom is -0.465 e. The van der Waals surface area contributed by atoms with Gasteiger partial charge in [-0.25, -0.2) is 9.78 Å². The number of methoxy groups -OCH3 is 1. The topological polar surface area (TPSA) is 75.0 Å². The van der Waals surface area contributed by atoms with Crippen LogP contribution in [0.15, 0.2) is 66.9 Å². The fourth-order valence-corrected chi connectivity index (χ4v) is 2.38. The molecule has 0 fully saturated rings. The summed E-state index contributed by atoms with van der Waals surface area (Å²) >= 11 is 0. The van der Waals surface area contributed by atoms with Crippen LogP contribution in [-0.4, -0.2) is 18.1 Å². The van der Waals surface area contributed by atoms with Crippen LogP contribution in [0, 0.1) is 11.3 Å². The molecule has 0 aliphatic heterocycles. The number of hydrogen-bond acceptors (Lipinski definition) is 5. The number of esters is 1. The summed E-state index contributed by atoms with van der Waals surface area (Å²) in [7, 11) is 1.34. The normalized spacial score (nSPS) is 9.92.